The number of halogens is 1. The van der Waals surface area contributed by atoms with Crippen LogP contribution in [0, 0.1) is 6.92 Å². The number of thiazole rings is 1. The predicted molar refractivity (Wildman–Crippen MR) is 105 cm³/mol. The minimum absolute atomic E-state index is 0.320. The molecule has 1 aliphatic heterocycles. The Morgan fingerprint density at radius 3 is 2.21 bits per heavy atom. The fourth-order valence-corrected chi connectivity index (χ4v) is 6.06. The number of carboxylic acid groups (broad SMARTS) is 2. The highest BCUT2D eigenvalue weighted by Gasteiger charge is 2.29. The van der Waals surface area contributed by atoms with Crippen molar-refractivity contribution in [3.63, 3.8) is 0 Å². The lowest BCUT2D eigenvalue weighted by Gasteiger charge is -2.33. The van der Waals surface area contributed by atoms with Gasteiger partial charge in [0.05, 0.1) is 15.0 Å². The zero-order valence-corrected chi connectivity index (χ0v) is 17.9. The van der Waals surface area contributed by atoms with Crippen molar-refractivity contribution in [2.45, 2.75) is 17.7 Å². The molecule has 0 radical (unpaired) electrons. The van der Waals surface area contributed by atoms with Gasteiger partial charge in [-0.1, -0.05) is 11.6 Å². The van der Waals surface area contributed by atoms with Gasteiger partial charge in [0.1, 0.15) is 4.21 Å². The van der Waals surface area contributed by atoms with Crippen LogP contribution in [0.25, 0.3) is 0 Å². The molecule has 2 N–H and O–H groups in total. The molecule has 0 aromatic carbocycles. The van der Waals surface area contributed by atoms with E-state index in [0.29, 0.717) is 21.6 Å². The van der Waals surface area contributed by atoms with Gasteiger partial charge in [0.2, 0.25) is 0 Å². The van der Waals surface area contributed by atoms with Gasteiger partial charge in [-0.25, -0.2) is 23.0 Å². The van der Waals surface area contributed by atoms with Crippen LogP contribution < -0.4 is 0 Å². The summed E-state index contributed by atoms with van der Waals surface area (Å²) in [7, 11) is -3.41. The second-order valence-corrected chi connectivity index (χ2v) is 10.6. The van der Waals surface area contributed by atoms with Gasteiger partial charge in [-0.3, -0.25) is 4.90 Å². The maximum Gasteiger partial charge on any atom is 0.414 e. The largest absolute Gasteiger partial charge is 0.473 e. The molecule has 3 heterocycles. The number of sulfonamides is 1. The molecule has 3 rings (SSSR count). The normalized spacial score (nSPS) is 15.6. The maximum atomic E-state index is 12.5. The zero-order valence-electron chi connectivity index (χ0n) is 14.7. The highest BCUT2D eigenvalue weighted by atomic mass is 35.5. The number of aliphatic carboxylic acids is 2. The molecule has 2 aromatic heterocycles. The molecule has 2 aromatic rings. The molecular formula is C15H18ClN3O6S3. The van der Waals surface area contributed by atoms with E-state index in [4.69, 9.17) is 31.4 Å². The van der Waals surface area contributed by atoms with Crippen molar-refractivity contribution in [3.05, 3.63) is 32.6 Å². The highest BCUT2D eigenvalue weighted by molar-refractivity contribution is 7.91. The predicted octanol–water partition coefficient (Wildman–Crippen LogP) is 1.83. The molecule has 13 heteroatoms. The molecule has 28 heavy (non-hydrogen) atoms. The Balaban J connectivity index is 0.000000409. The minimum atomic E-state index is -3.41. The van der Waals surface area contributed by atoms with Crippen LogP contribution in [0.5, 0.6) is 0 Å². The molecule has 0 atom stereocenters. The molecule has 1 fully saturated rings. The van der Waals surface area contributed by atoms with Crippen LogP contribution in [0.15, 0.2) is 21.7 Å². The number of aryl methyl sites for hydroxylation is 1. The molecule has 1 saturated heterocycles. The summed E-state index contributed by atoms with van der Waals surface area (Å²) in [6.07, 6.45) is 0. The van der Waals surface area contributed by atoms with Crippen LogP contribution in [0.2, 0.25) is 4.34 Å². The Bertz CT molecular complexity index is 922. The number of rotatable bonds is 4. The van der Waals surface area contributed by atoms with Crippen LogP contribution >= 0.6 is 34.3 Å². The summed E-state index contributed by atoms with van der Waals surface area (Å²) >= 11 is 8.59. The number of aromatic nitrogens is 1. The number of carbonyl (C=O) groups is 2. The van der Waals surface area contributed by atoms with E-state index in [9.17, 15) is 8.42 Å². The highest BCUT2D eigenvalue weighted by Crippen LogP contribution is 2.28. The summed E-state index contributed by atoms with van der Waals surface area (Å²) in [4.78, 5) is 24.9. The smallest absolute Gasteiger partial charge is 0.414 e. The van der Waals surface area contributed by atoms with E-state index in [1.54, 1.807) is 23.5 Å². The lowest BCUT2D eigenvalue weighted by Crippen LogP contribution is -2.48. The molecule has 0 spiro atoms. The van der Waals surface area contributed by atoms with Gasteiger partial charge < -0.3 is 10.2 Å². The van der Waals surface area contributed by atoms with Crippen LogP contribution in [-0.4, -0.2) is 70.9 Å². The van der Waals surface area contributed by atoms with Crippen LogP contribution in [-0.2, 0) is 26.2 Å². The van der Waals surface area contributed by atoms with Crippen LogP contribution in [0.3, 0.4) is 0 Å². The van der Waals surface area contributed by atoms with Gasteiger partial charge >= 0.3 is 11.9 Å². The van der Waals surface area contributed by atoms with Crippen LogP contribution in [0.4, 0.5) is 0 Å². The van der Waals surface area contributed by atoms with Crippen molar-refractivity contribution >= 4 is 56.2 Å². The molecule has 0 saturated carbocycles. The Labute approximate surface area is 174 Å². The lowest BCUT2D eigenvalue weighted by molar-refractivity contribution is -0.159. The van der Waals surface area contributed by atoms with Crippen molar-refractivity contribution in [1.29, 1.82) is 0 Å². The quantitative estimate of drug-likeness (QED) is 0.651. The van der Waals surface area contributed by atoms with E-state index in [0.717, 1.165) is 41.7 Å². The third-order valence-electron chi connectivity index (χ3n) is 3.71. The number of nitrogens with zero attached hydrogens (tertiary/aromatic N) is 3. The van der Waals surface area contributed by atoms with E-state index in [2.05, 4.69) is 15.3 Å². The summed E-state index contributed by atoms with van der Waals surface area (Å²) in [6, 6.07) is 3.20. The fraction of sp³-hybridized carbons (Fsp3) is 0.400. The monoisotopic (exact) mass is 467 g/mol. The first-order chi connectivity index (χ1) is 13.1. The van der Waals surface area contributed by atoms with Crippen molar-refractivity contribution in [1.82, 2.24) is 14.2 Å². The molecular weight excluding hydrogens is 450 g/mol. The second kappa shape index (κ2) is 9.76. The first kappa shape index (κ1) is 22.7. The molecule has 9 nitrogen and oxygen atoms in total. The summed E-state index contributed by atoms with van der Waals surface area (Å²) in [5.41, 5.74) is 1.06. The first-order valence-corrected chi connectivity index (χ1v) is 11.5. The van der Waals surface area contributed by atoms with Gasteiger partial charge in [0.15, 0.2) is 0 Å². The van der Waals surface area contributed by atoms with E-state index >= 15 is 0 Å². The third kappa shape index (κ3) is 6.22. The lowest BCUT2D eigenvalue weighted by atomic mass is 10.3. The Morgan fingerprint density at radius 1 is 1.18 bits per heavy atom. The van der Waals surface area contributed by atoms with E-state index in [-0.39, 0.29) is 0 Å². The summed E-state index contributed by atoms with van der Waals surface area (Å²) in [5, 5.41) is 17.9. The maximum absolute atomic E-state index is 12.5. The molecule has 0 amide bonds. The summed E-state index contributed by atoms with van der Waals surface area (Å²) in [6.45, 7) is 5.21. The van der Waals surface area contributed by atoms with Gasteiger partial charge in [0.25, 0.3) is 10.0 Å². The van der Waals surface area contributed by atoms with E-state index in [1.165, 1.54) is 4.31 Å². The summed E-state index contributed by atoms with van der Waals surface area (Å²) < 4.78 is 27.4. The summed E-state index contributed by atoms with van der Waals surface area (Å²) in [5.74, 6) is -3.65. The third-order valence-corrected chi connectivity index (χ3v) is 8.13. The SMILES string of the molecule is Cc1nc(CN2CCN(S(=O)(=O)c3ccc(Cl)s3)CC2)cs1.O=C(O)C(=O)O. The van der Waals surface area contributed by atoms with E-state index < -0.39 is 22.0 Å². The Kier molecular flexibility index (Phi) is 7.92. The Hall–Kier alpha value is -1.57. The number of hydrogen-bond acceptors (Lipinski definition) is 8. The number of thiophene rings is 1. The van der Waals surface area contributed by atoms with Gasteiger partial charge in [-0.15, -0.1) is 22.7 Å². The molecule has 154 valence electrons. The van der Waals surface area contributed by atoms with E-state index in [1.807, 2.05) is 6.92 Å². The molecule has 0 bridgehead atoms. The number of piperazine rings is 1. The molecule has 0 aliphatic carbocycles. The first-order valence-electron chi connectivity index (χ1n) is 7.94. The topological polar surface area (TPSA) is 128 Å². The van der Waals surface area contributed by atoms with Crippen molar-refractivity contribution in [3.8, 4) is 0 Å². The van der Waals surface area contributed by atoms with Gasteiger partial charge in [-0.2, -0.15) is 4.31 Å². The fourth-order valence-electron chi connectivity index (χ4n) is 2.40. The van der Waals surface area contributed by atoms with Crippen molar-refractivity contribution < 1.29 is 28.2 Å². The Morgan fingerprint density at radius 2 is 1.79 bits per heavy atom. The van der Waals surface area contributed by atoms with Gasteiger partial charge in [0, 0.05) is 38.1 Å². The minimum Gasteiger partial charge on any atom is -0.473 e. The number of hydrogen-bond donors (Lipinski definition) is 2. The number of carboxylic acids is 2. The van der Waals surface area contributed by atoms with Gasteiger partial charge in [-0.05, 0) is 19.1 Å². The average molecular weight is 468 g/mol. The second-order valence-electron chi connectivity index (χ2n) is 5.71. The van der Waals surface area contributed by atoms with Crippen molar-refractivity contribution in [2.24, 2.45) is 0 Å². The zero-order chi connectivity index (χ0) is 20.9. The van der Waals surface area contributed by atoms with Crippen molar-refractivity contribution in [2.75, 3.05) is 26.2 Å². The molecule has 0 unspecified atom stereocenters. The molecule has 1 aliphatic rings. The standard InChI is InChI=1S/C13H16ClN3O2S3.C2H2O4/c1-10-15-11(9-20-10)8-16-4-6-17(7-5-16)22(18,19)13-3-2-12(14)21-13;3-1(4)2(5)6/h2-3,9H,4-8H2,1H3;(H,3,4)(H,5,6). The average Bonchev–Trinajstić information content (AvgIpc) is 3.24. The van der Waals surface area contributed by atoms with Crippen LogP contribution in [0.1, 0.15) is 10.7 Å².